The molecule has 3 nitrogen and oxygen atoms in total. The van der Waals surface area contributed by atoms with Crippen molar-refractivity contribution in [1.29, 1.82) is 0 Å². The van der Waals surface area contributed by atoms with E-state index >= 15 is 0 Å². The Kier molecular flexibility index (Phi) is 3.65. The molecule has 3 heteroatoms. The third kappa shape index (κ3) is 2.59. The summed E-state index contributed by atoms with van der Waals surface area (Å²) in [6, 6.07) is 0. The van der Waals surface area contributed by atoms with E-state index in [9.17, 15) is 0 Å². The predicted octanol–water partition coefficient (Wildman–Crippen LogP) is 3.43. The first-order valence-corrected chi connectivity index (χ1v) is 6.64. The maximum absolute atomic E-state index is 4.69. The van der Waals surface area contributed by atoms with Crippen LogP contribution in [0.25, 0.3) is 0 Å². The van der Waals surface area contributed by atoms with Crippen molar-refractivity contribution in [2.75, 3.05) is 12.4 Å². The molecule has 1 N–H and O–H groups in total. The molecule has 0 amide bonds. The monoisotopic (exact) mass is 233 g/mol. The number of aryl methyl sites for hydroxylation is 1. The van der Waals surface area contributed by atoms with Gasteiger partial charge in [0.1, 0.15) is 11.6 Å². The second kappa shape index (κ2) is 5.03. The SMILES string of the molecule is CNc1nc(C2CCCC(C)C2)nc(C)c1C. The first-order chi connectivity index (χ1) is 8.11. The first-order valence-electron chi connectivity index (χ1n) is 6.64. The lowest BCUT2D eigenvalue weighted by molar-refractivity contribution is 0.335. The number of anilines is 1. The third-order valence-electron chi connectivity index (χ3n) is 3.94. The highest BCUT2D eigenvalue weighted by molar-refractivity contribution is 5.45. The molecule has 1 aromatic heterocycles. The molecule has 2 unspecified atom stereocenters. The molecule has 0 bridgehead atoms. The summed E-state index contributed by atoms with van der Waals surface area (Å²) in [5, 5.41) is 3.18. The van der Waals surface area contributed by atoms with Crippen molar-refractivity contribution in [3.8, 4) is 0 Å². The van der Waals surface area contributed by atoms with Crippen molar-refractivity contribution >= 4 is 5.82 Å². The van der Waals surface area contributed by atoms with Gasteiger partial charge in [0.05, 0.1) is 0 Å². The minimum atomic E-state index is 0.560. The highest BCUT2D eigenvalue weighted by Crippen LogP contribution is 2.35. The Morgan fingerprint density at radius 3 is 2.59 bits per heavy atom. The molecule has 2 atom stereocenters. The lowest BCUT2D eigenvalue weighted by Gasteiger charge is -2.26. The topological polar surface area (TPSA) is 37.8 Å². The lowest BCUT2D eigenvalue weighted by Crippen LogP contribution is -2.16. The largest absolute Gasteiger partial charge is 0.373 e. The summed E-state index contributed by atoms with van der Waals surface area (Å²) < 4.78 is 0. The summed E-state index contributed by atoms with van der Waals surface area (Å²) in [4.78, 5) is 9.38. The van der Waals surface area contributed by atoms with Gasteiger partial charge in [-0.2, -0.15) is 0 Å². The Balaban J connectivity index is 2.29. The van der Waals surface area contributed by atoms with E-state index in [2.05, 4.69) is 36.1 Å². The van der Waals surface area contributed by atoms with E-state index in [1.165, 1.54) is 31.2 Å². The van der Waals surface area contributed by atoms with E-state index < -0.39 is 0 Å². The molecule has 1 aliphatic rings. The van der Waals surface area contributed by atoms with E-state index in [0.717, 1.165) is 23.3 Å². The molecule has 1 saturated carbocycles. The van der Waals surface area contributed by atoms with Gasteiger partial charge in [-0.1, -0.05) is 19.8 Å². The second-order valence-corrected chi connectivity index (χ2v) is 5.36. The van der Waals surface area contributed by atoms with Gasteiger partial charge in [0.2, 0.25) is 0 Å². The number of rotatable bonds is 2. The number of nitrogens with one attached hydrogen (secondary N) is 1. The predicted molar refractivity (Wildman–Crippen MR) is 71.4 cm³/mol. The van der Waals surface area contributed by atoms with Crippen molar-refractivity contribution < 1.29 is 0 Å². The van der Waals surface area contributed by atoms with Crippen LogP contribution in [0.5, 0.6) is 0 Å². The summed E-state index contributed by atoms with van der Waals surface area (Å²) in [6.07, 6.45) is 5.17. The molecule has 1 aromatic rings. The van der Waals surface area contributed by atoms with Crippen LogP contribution in [0.15, 0.2) is 0 Å². The van der Waals surface area contributed by atoms with Crippen LogP contribution < -0.4 is 5.32 Å². The van der Waals surface area contributed by atoms with Gasteiger partial charge in [0.15, 0.2) is 0 Å². The van der Waals surface area contributed by atoms with Gasteiger partial charge in [0.25, 0.3) is 0 Å². The molecule has 1 fully saturated rings. The zero-order valence-electron chi connectivity index (χ0n) is 11.4. The molecule has 1 aliphatic carbocycles. The fraction of sp³-hybridized carbons (Fsp3) is 0.714. The third-order valence-corrected chi connectivity index (χ3v) is 3.94. The van der Waals surface area contributed by atoms with Crippen molar-refractivity contribution in [1.82, 2.24) is 9.97 Å². The van der Waals surface area contributed by atoms with Gasteiger partial charge >= 0.3 is 0 Å². The zero-order chi connectivity index (χ0) is 12.4. The minimum absolute atomic E-state index is 0.560. The van der Waals surface area contributed by atoms with Crippen LogP contribution in [-0.2, 0) is 0 Å². The maximum atomic E-state index is 4.69. The molecule has 1 heterocycles. The summed E-state index contributed by atoms with van der Waals surface area (Å²) in [5.41, 5.74) is 2.28. The van der Waals surface area contributed by atoms with Crippen LogP contribution in [-0.4, -0.2) is 17.0 Å². The van der Waals surface area contributed by atoms with Crippen molar-refractivity contribution in [2.45, 2.75) is 52.4 Å². The van der Waals surface area contributed by atoms with Gasteiger partial charge in [-0.3, -0.25) is 0 Å². The molecular formula is C14H23N3. The summed E-state index contributed by atoms with van der Waals surface area (Å²) in [7, 11) is 1.93. The van der Waals surface area contributed by atoms with E-state index in [1.54, 1.807) is 0 Å². The molecule has 2 rings (SSSR count). The average Bonchev–Trinajstić information content (AvgIpc) is 2.32. The summed E-state index contributed by atoms with van der Waals surface area (Å²) in [5.74, 6) is 3.41. The van der Waals surface area contributed by atoms with Crippen LogP contribution in [0.2, 0.25) is 0 Å². The van der Waals surface area contributed by atoms with Gasteiger partial charge < -0.3 is 5.32 Å². The van der Waals surface area contributed by atoms with Crippen molar-refractivity contribution in [3.63, 3.8) is 0 Å². The normalized spacial score (nSPS) is 24.7. The Labute approximate surface area is 104 Å². The molecule has 0 aliphatic heterocycles. The highest BCUT2D eigenvalue weighted by Gasteiger charge is 2.23. The Morgan fingerprint density at radius 2 is 1.94 bits per heavy atom. The number of hydrogen-bond acceptors (Lipinski definition) is 3. The second-order valence-electron chi connectivity index (χ2n) is 5.36. The van der Waals surface area contributed by atoms with Gasteiger partial charge in [0, 0.05) is 24.2 Å². The lowest BCUT2D eigenvalue weighted by atomic mass is 9.82. The van der Waals surface area contributed by atoms with Gasteiger partial charge in [-0.05, 0) is 32.6 Å². The van der Waals surface area contributed by atoms with Crippen LogP contribution in [0, 0.1) is 19.8 Å². The summed E-state index contributed by atoms with van der Waals surface area (Å²) in [6.45, 7) is 6.49. The first kappa shape index (κ1) is 12.3. The number of hydrogen-bond donors (Lipinski definition) is 1. The van der Waals surface area contributed by atoms with Crippen LogP contribution in [0.3, 0.4) is 0 Å². The van der Waals surface area contributed by atoms with Crippen molar-refractivity contribution in [2.24, 2.45) is 5.92 Å². The van der Waals surface area contributed by atoms with Gasteiger partial charge in [-0.15, -0.1) is 0 Å². The quantitative estimate of drug-likeness (QED) is 0.850. The maximum Gasteiger partial charge on any atom is 0.134 e. The standard InChI is InChI=1S/C14H23N3/c1-9-6-5-7-12(8-9)14-16-11(3)10(2)13(15-4)17-14/h9,12H,5-8H2,1-4H3,(H,15,16,17). The van der Waals surface area contributed by atoms with E-state index in [4.69, 9.17) is 0 Å². The van der Waals surface area contributed by atoms with E-state index in [0.29, 0.717) is 5.92 Å². The molecule has 17 heavy (non-hydrogen) atoms. The molecular weight excluding hydrogens is 210 g/mol. The average molecular weight is 233 g/mol. The van der Waals surface area contributed by atoms with E-state index in [-0.39, 0.29) is 0 Å². The Hall–Kier alpha value is -1.12. The molecule has 94 valence electrons. The van der Waals surface area contributed by atoms with Crippen LogP contribution in [0.4, 0.5) is 5.82 Å². The van der Waals surface area contributed by atoms with E-state index in [1.807, 2.05) is 7.05 Å². The van der Waals surface area contributed by atoms with Crippen molar-refractivity contribution in [3.05, 3.63) is 17.1 Å². The zero-order valence-corrected chi connectivity index (χ0v) is 11.4. The molecule has 0 radical (unpaired) electrons. The Morgan fingerprint density at radius 1 is 1.18 bits per heavy atom. The molecule has 0 saturated heterocycles. The van der Waals surface area contributed by atoms with Gasteiger partial charge in [-0.25, -0.2) is 9.97 Å². The minimum Gasteiger partial charge on any atom is -0.373 e. The number of aromatic nitrogens is 2. The van der Waals surface area contributed by atoms with Crippen LogP contribution in [0.1, 0.15) is 55.6 Å². The fourth-order valence-electron chi connectivity index (χ4n) is 2.75. The summed E-state index contributed by atoms with van der Waals surface area (Å²) >= 11 is 0. The molecule has 0 aromatic carbocycles. The smallest absolute Gasteiger partial charge is 0.134 e. The Bertz CT molecular complexity index is 401. The highest BCUT2D eigenvalue weighted by atomic mass is 15.0. The van der Waals surface area contributed by atoms with Crippen LogP contribution >= 0.6 is 0 Å². The number of nitrogens with zero attached hydrogens (tertiary/aromatic N) is 2. The molecule has 0 spiro atoms. The fourth-order valence-corrected chi connectivity index (χ4v) is 2.75.